The Hall–Kier alpha value is -2.51. The normalized spacial score (nSPS) is 17.5. The summed E-state index contributed by atoms with van der Waals surface area (Å²) in [5, 5.41) is 18.4. The molecule has 1 saturated heterocycles. The molecular formula is C19H22FN5O. The molecule has 2 N–H and O–H groups in total. The number of hydrogen-bond donors (Lipinski definition) is 2. The van der Waals surface area contributed by atoms with Crippen molar-refractivity contribution in [1.82, 2.24) is 19.5 Å². The van der Waals surface area contributed by atoms with Crippen LogP contribution in [0.4, 0.5) is 10.2 Å². The summed E-state index contributed by atoms with van der Waals surface area (Å²) in [5.74, 6) is 0.370. The van der Waals surface area contributed by atoms with Crippen LogP contribution in [0, 0.1) is 5.82 Å². The number of anilines is 1. The van der Waals surface area contributed by atoms with Gasteiger partial charge in [0, 0.05) is 37.3 Å². The second-order valence-corrected chi connectivity index (χ2v) is 6.99. The number of benzene rings is 1. The molecule has 136 valence electrons. The van der Waals surface area contributed by atoms with Gasteiger partial charge in [-0.15, -0.1) is 0 Å². The molecule has 1 aliphatic heterocycles. The fraction of sp³-hybridized carbons (Fsp3) is 0.368. The number of likely N-dealkylation sites (tertiary alicyclic amines) is 1. The van der Waals surface area contributed by atoms with Crippen LogP contribution in [0.2, 0.25) is 0 Å². The molecule has 7 heteroatoms. The van der Waals surface area contributed by atoms with E-state index in [4.69, 9.17) is 0 Å². The molecular weight excluding hydrogens is 333 g/mol. The molecule has 0 aliphatic carbocycles. The molecule has 0 saturated carbocycles. The molecule has 4 rings (SSSR count). The lowest BCUT2D eigenvalue weighted by molar-refractivity contribution is -0.00411. The van der Waals surface area contributed by atoms with Gasteiger partial charge in [-0.3, -0.25) is 0 Å². The maximum Gasteiger partial charge on any atom is 0.157 e. The fourth-order valence-corrected chi connectivity index (χ4v) is 3.31. The van der Waals surface area contributed by atoms with Crippen LogP contribution in [0.25, 0.3) is 16.9 Å². The van der Waals surface area contributed by atoms with Crippen LogP contribution in [0.3, 0.4) is 0 Å². The van der Waals surface area contributed by atoms with E-state index in [0.717, 1.165) is 13.1 Å². The highest BCUT2D eigenvalue weighted by Crippen LogP contribution is 2.26. The predicted molar refractivity (Wildman–Crippen MR) is 98.6 cm³/mol. The van der Waals surface area contributed by atoms with E-state index in [-0.39, 0.29) is 5.82 Å². The van der Waals surface area contributed by atoms with Crippen LogP contribution in [0.1, 0.15) is 12.8 Å². The van der Waals surface area contributed by atoms with Gasteiger partial charge in [0.15, 0.2) is 5.65 Å². The number of aromatic nitrogens is 3. The molecule has 3 heterocycles. The van der Waals surface area contributed by atoms with Gasteiger partial charge in [-0.25, -0.2) is 9.37 Å². The van der Waals surface area contributed by atoms with Crippen molar-refractivity contribution in [3.05, 3.63) is 48.4 Å². The van der Waals surface area contributed by atoms with Crippen molar-refractivity contribution >= 4 is 11.5 Å². The molecule has 0 bridgehead atoms. The van der Waals surface area contributed by atoms with Crippen molar-refractivity contribution in [2.75, 3.05) is 32.0 Å². The van der Waals surface area contributed by atoms with Gasteiger partial charge in [0.25, 0.3) is 0 Å². The Kier molecular flexibility index (Phi) is 4.34. The van der Waals surface area contributed by atoms with Crippen LogP contribution < -0.4 is 5.32 Å². The van der Waals surface area contributed by atoms with Gasteiger partial charge in [-0.2, -0.15) is 9.61 Å². The molecule has 2 aromatic heterocycles. The second-order valence-electron chi connectivity index (χ2n) is 6.99. The summed E-state index contributed by atoms with van der Waals surface area (Å²) < 4.78 is 15.8. The lowest BCUT2D eigenvalue weighted by Gasteiger charge is -2.36. The average molecular weight is 355 g/mol. The predicted octanol–water partition coefficient (Wildman–Crippen LogP) is 2.40. The van der Waals surface area contributed by atoms with Crippen molar-refractivity contribution in [2.45, 2.75) is 18.4 Å². The van der Waals surface area contributed by atoms with E-state index in [1.54, 1.807) is 41.0 Å². The summed E-state index contributed by atoms with van der Waals surface area (Å²) >= 11 is 0. The largest absolute Gasteiger partial charge is 0.388 e. The highest BCUT2D eigenvalue weighted by atomic mass is 19.1. The molecule has 1 aliphatic rings. The minimum absolute atomic E-state index is 0.316. The van der Waals surface area contributed by atoms with Crippen LogP contribution in [-0.2, 0) is 0 Å². The first-order chi connectivity index (χ1) is 12.5. The maximum absolute atomic E-state index is 14.2. The van der Waals surface area contributed by atoms with E-state index < -0.39 is 5.60 Å². The molecule has 6 nitrogen and oxygen atoms in total. The smallest absolute Gasteiger partial charge is 0.157 e. The number of nitrogens with zero attached hydrogens (tertiary/aromatic N) is 4. The van der Waals surface area contributed by atoms with E-state index in [2.05, 4.69) is 27.3 Å². The zero-order chi connectivity index (χ0) is 18.1. The Balaban J connectivity index is 1.64. The topological polar surface area (TPSA) is 65.7 Å². The van der Waals surface area contributed by atoms with Gasteiger partial charge in [0.2, 0.25) is 0 Å². The first-order valence-electron chi connectivity index (χ1n) is 8.79. The van der Waals surface area contributed by atoms with Crippen molar-refractivity contribution < 1.29 is 9.50 Å². The molecule has 0 amide bonds. The van der Waals surface area contributed by atoms with E-state index in [1.807, 2.05) is 0 Å². The quantitative estimate of drug-likeness (QED) is 0.752. The van der Waals surface area contributed by atoms with Crippen LogP contribution in [0.5, 0.6) is 0 Å². The number of rotatable bonds is 4. The van der Waals surface area contributed by atoms with Gasteiger partial charge in [0.1, 0.15) is 11.6 Å². The Morgan fingerprint density at radius 2 is 2.00 bits per heavy atom. The highest BCUT2D eigenvalue weighted by Gasteiger charge is 2.31. The summed E-state index contributed by atoms with van der Waals surface area (Å²) in [7, 11) is 2.06. The van der Waals surface area contributed by atoms with Gasteiger partial charge in [-0.05, 0) is 32.0 Å². The van der Waals surface area contributed by atoms with Crippen LogP contribution in [-0.4, -0.2) is 56.9 Å². The standard InChI is InChI=1S/C19H22FN5O/c1-24-10-7-19(26,8-11-24)13-21-18-12-16(14-4-2-3-5-15(14)20)23-17-6-9-22-25(17)18/h2-6,9,12,21,26H,7-8,10-11,13H2,1H3. The van der Waals surface area contributed by atoms with E-state index in [9.17, 15) is 9.50 Å². The van der Waals surface area contributed by atoms with Gasteiger partial charge >= 0.3 is 0 Å². The van der Waals surface area contributed by atoms with E-state index in [0.29, 0.717) is 42.1 Å². The van der Waals surface area contributed by atoms with Crippen LogP contribution in [0.15, 0.2) is 42.6 Å². The number of nitrogens with one attached hydrogen (secondary N) is 1. The monoisotopic (exact) mass is 355 g/mol. The molecule has 0 spiro atoms. The van der Waals surface area contributed by atoms with Crippen molar-refractivity contribution in [3.8, 4) is 11.3 Å². The Labute approximate surface area is 151 Å². The number of piperidine rings is 1. The molecule has 0 radical (unpaired) electrons. The second kappa shape index (κ2) is 6.66. The van der Waals surface area contributed by atoms with E-state index in [1.165, 1.54) is 6.07 Å². The zero-order valence-electron chi connectivity index (χ0n) is 14.7. The molecule has 3 aromatic rings. The fourth-order valence-electron chi connectivity index (χ4n) is 3.31. The van der Waals surface area contributed by atoms with Crippen molar-refractivity contribution in [3.63, 3.8) is 0 Å². The Morgan fingerprint density at radius 3 is 2.77 bits per heavy atom. The number of halogens is 1. The summed E-state index contributed by atoms with van der Waals surface area (Å²) in [6.45, 7) is 2.15. The number of hydrogen-bond acceptors (Lipinski definition) is 5. The highest BCUT2D eigenvalue weighted by molar-refractivity contribution is 5.66. The number of fused-ring (bicyclic) bond motifs is 1. The Bertz CT molecular complexity index is 917. The average Bonchev–Trinajstić information content (AvgIpc) is 3.12. The summed E-state index contributed by atoms with van der Waals surface area (Å²) in [6.07, 6.45) is 3.08. The minimum Gasteiger partial charge on any atom is -0.388 e. The van der Waals surface area contributed by atoms with Crippen LogP contribution >= 0.6 is 0 Å². The third-order valence-electron chi connectivity index (χ3n) is 5.03. The molecule has 0 unspecified atom stereocenters. The lowest BCUT2D eigenvalue weighted by atomic mass is 9.91. The van der Waals surface area contributed by atoms with Crippen molar-refractivity contribution in [2.24, 2.45) is 0 Å². The first kappa shape index (κ1) is 16.9. The summed E-state index contributed by atoms with van der Waals surface area (Å²) in [6, 6.07) is 10.1. The summed E-state index contributed by atoms with van der Waals surface area (Å²) in [5.41, 5.74) is 0.850. The third-order valence-corrected chi connectivity index (χ3v) is 5.03. The van der Waals surface area contributed by atoms with Crippen molar-refractivity contribution in [1.29, 1.82) is 0 Å². The SMILES string of the molecule is CN1CCC(O)(CNc2cc(-c3ccccc3F)nc3ccnn23)CC1. The van der Waals surface area contributed by atoms with E-state index >= 15 is 0 Å². The first-order valence-corrected chi connectivity index (χ1v) is 8.79. The zero-order valence-corrected chi connectivity index (χ0v) is 14.7. The Morgan fingerprint density at radius 1 is 1.23 bits per heavy atom. The molecule has 0 atom stereocenters. The number of aliphatic hydroxyl groups is 1. The molecule has 1 aromatic carbocycles. The third kappa shape index (κ3) is 3.27. The molecule has 1 fully saturated rings. The van der Waals surface area contributed by atoms with Gasteiger partial charge < -0.3 is 15.3 Å². The maximum atomic E-state index is 14.2. The summed E-state index contributed by atoms with van der Waals surface area (Å²) in [4.78, 5) is 6.71. The lowest BCUT2D eigenvalue weighted by Crippen LogP contribution is -2.47. The van der Waals surface area contributed by atoms with Gasteiger partial charge in [-0.1, -0.05) is 12.1 Å². The molecule has 26 heavy (non-hydrogen) atoms. The van der Waals surface area contributed by atoms with Gasteiger partial charge in [0.05, 0.1) is 17.5 Å². The minimum atomic E-state index is -0.757.